The van der Waals surface area contributed by atoms with Gasteiger partial charge in [0.1, 0.15) is 11.6 Å². The first-order chi connectivity index (χ1) is 9.06. The number of aliphatic carboxylic acids is 1. The van der Waals surface area contributed by atoms with E-state index in [0.717, 1.165) is 50.5 Å². The summed E-state index contributed by atoms with van der Waals surface area (Å²) in [6.45, 7) is 4.79. The van der Waals surface area contributed by atoms with Crippen LogP contribution in [0.15, 0.2) is 0 Å². The van der Waals surface area contributed by atoms with Crippen molar-refractivity contribution < 1.29 is 9.90 Å². The number of carboxylic acid groups (broad SMARTS) is 1. The lowest BCUT2D eigenvalue weighted by Gasteiger charge is -2.32. The van der Waals surface area contributed by atoms with Gasteiger partial charge < -0.3 is 9.67 Å². The fourth-order valence-electron chi connectivity index (χ4n) is 2.65. The molecule has 1 N–H and O–H groups in total. The normalized spacial score (nSPS) is 20.6. The average Bonchev–Trinajstić information content (AvgIpc) is 2.69. The summed E-state index contributed by atoms with van der Waals surface area (Å²) < 4.78 is 2.01. The zero-order valence-corrected chi connectivity index (χ0v) is 11.7. The molecule has 1 atom stereocenters. The number of carboxylic acids is 1. The molecule has 19 heavy (non-hydrogen) atoms. The molecule has 1 aliphatic heterocycles. The van der Waals surface area contributed by atoms with Crippen LogP contribution in [0.4, 0.5) is 0 Å². The van der Waals surface area contributed by atoms with Crippen molar-refractivity contribution in [3.05, 3.63) is 11.6 Å². The third-order valence-electron chi connectivity index (χ3n) is 3.92. The summed E-state index contributed by atoms with van der Waals surface area (Å²) in [5, 5.41) is 17.0. The number of hydrogen-bond acceptors (Lipinski definition) is 4. The zero-order chi connectivity index (χ0) is 13.8. The molecular weight excluding hydrogens is 244 g/mol. The van der Waals surface area contributed by atoms with Crippen LogP contribution in [-0.4, -0.2) is 43.8 Å². The Kier molecular flexibility index (Phi) is 4.52. The summed E-state index contributed by atoms with van der Waals surface area (Å²) in [5.74, 6) is 1.71. The smallest absolute Gasteiger partial charge is 0.303 e. The molecule has 1 unspecified atom stereocenters. The Morgan fingerprint density at radius 3 is 2.89 bits per heavy atom. The van der Waals surface area contributed by atoms with Gasteiger partial charge in [-0.25, -0.2) is 0 Å². The van der Waals surface area contributed by atoms with Gasteiger partial charge in [0.2, 0.25) is 0 Å². The first-order valence-electron chi connectivity index (χ1n) is 6.85. The predicted octanol–water partition coefficient (Wildman–Crippen LogP) is 1.20. The molecule has 6 heteroatoms. The minimum Gasteiger partial charge on any atom is -0.481 e. The van der Waals surface area contributed by atoms with Gasteiger partial charge in [-0.1, -0.05) is 0 Å². The molecule has 0 saturated carbocycles. The highest BCUT2D eigenvalue weighted by Gasteiger charge is 2.21. The van der Waals surface area contributed by atoms with Gasteiger partial charge in [0.25, 0.3) is 0 Å². The molecule has 6 nitrogen and oxygen atoms in total. The summed E-state index contributed by atoms with van der Waals surface area (Å²) in [6.07, 6.45) is 3.34. The molecule has 1 aromatic rings. The van der Waals surface area contributed by atoms with Crippen molar-refractivity contribution in [3.63, 3.8) is 0 Å². The molecule has 0 aliphatic carbocycles. The maximum absolute atomic E-state index is 10.6. The van der Waals surface area contributed by atoms with Crippen LogP contribution in [0, 0.1) is 12.8 Å². The average molecular weight is 266 g/mol. The molecule has 1 aliphatic rings. The van der Waals surface area contributed by atoms with E-state index in [2.05, 4.69) is 15.1 Å². The Hall–Kier alpha value is -1.43. The van der Waals surface area contributed by atoms with Crippen LogP contribution in [-0.2, 0) is 18.4 Å². The van der Waals surface area contributed by atoms with Crippen LogP contribution in [0.5, 0.6) is 0 Å². The number of likely N-dealkylation sites (tertiary alicyclic amines) is 1. The van der Waals surface area contributed by atoms with E-state index in [-0.39, 0.29) is 6.42 Å². The van der Waals surface area contributed by atoms with Crippen molar-refractivity contribution >= 4 is 5.97 Å². The van der Waals surface area contributed by atoms with Crippen LogP contribution in [0.25, 0.3) is 0 Å². The van der Waals surface area contributed by atoms with Crippen LogP contribution < -0.4 is 0 Å². The Balaban J connectivity index is 1.87. The van der Waals surface area contributed by atoms with E-state index in [9.17, 15) is 4.79 Å². The highest BCUT2D eigenvalue weighted by Crippen LogP contribution is 2.22. The van der Waals surface area contributed by atoms with Gasteiger partial charge >= 0.3 is 5.97 Å². The van der Waals surface area contributed by atoms with Crippen molar-refractivity contribution in [2.45, 2.75) is 39.2 Å². The minimum absolute atomic E-state index is 0.279. The van der Waals surface area contributed by atoms with E-state index in [1.165, 1.54) is 0 Å². The molecule has 0 radical (unpaired) electrons. The predicted molar refractivity (Wildman–Crippen MR) is 70.6 cm³/mol. The Morgan fingerprint density at radius 1 is 1.47 bits per heavy atom. The number of hydrogen-bond donors (Lipinski definition) is 1. The monoisotopic (exact) mass is 266 g/mol. The Bertz CT molecular complexity index is 444. The second-order valence-corrected chi connectivity index (χ2v) is 5.40. The number of carbonyl (C=O) groups is 1. The lowest BCUT2D eigenvalue weighted by Crippen LogP contribution is -2.35. The minimum atomic E-state index is -0.693. The van der Waals surface area contributed by atoms with Gasteiger partial charge in [-0.3, -0.25) is 9.69 Å². The number of aromatic nitrogens is 3. The maximum atomic E-state index is 10.6. The Labute approximate surface area is 113 Å². The SMILES string of the molecule is Cc1nnc(CN2CCCC(CCC(=O)O)C2)n1C. The highest BCUT2D eigenvalue weighted by molar-refractivity contribution is 5.66. The molecule has 2 heterocycles. The standard InChI is InChI=1S/C13H22N4O2/c1-10-14-15-12(16(10)2)9-17-7-3-4-11(8-17)5-6-13(18)19/h11H,3-9H2,1-2H3,(H,18,19). The van der Waals surface area contributed by atoms with E-state index >= 15 is 0 Å². The van der Waals surface area contributed by atoms with Gasteiger partial charge in [0.15, 0.2) is 0 Å². The second kappa shape index (κ2) is 6.14. The largest absolute Gasteiger partial charge is 0.481 e. The van der Waals surface area contributed by atoms with Gasteiger partial charge in [-0.2, -0.15) is 0 Å². The molecule has 0 spiro atoms. The van der Waals surface area contributed by atoms with Crippen LogP contribution >= 0.6 is 0 Å². The maximum Gasteiger partial charge on any atom is 0.303 e. The van der Waals surface area contributed by atoms with Crippen molar-refractivity contribution in [1.82, 2.24) is 19.7 Å². The highest BCUT2D eigenvalue weighted by atomic mass is 16.4. The summed E-state index contributed by atoms with van der Waals surface area (Å²) >= 11 is 0. The third-order valence-corrected chi connectivity index (χ3v) is 3.92. The molecule has 0 aromatic carbocycles. The summed E-state index contributed by atoms with van der Waals surface area (Å²) in [7, 11) is 1.98. The summed E-state index contributed by atoms with van der Waals surface area (Å²) in [4.78, 5) is 13.0. The van der Waals surface area contributed by atoms with E-state index in [1.807, 2.05) is 18.5 Å². The fourth-order valence-corrected chi connectivity index (χ4v) is 2.65. The van der Waals surface area contributed by atoms with E-state index in [4.69, 9.17) is 5.11 Å². The lowest BCUT2D eigenvalue weighted by atomic mass is 9.93. The molecule has 106 valence electrons. The third kappa shape index (κ3) is 3.76. The van der Waals surface area contributed by atoms with Crippen LogP contribution in [0.1, 0.15) is 37.3 Å². The van der Waals surface area contributed by atoms with Crippen LogP contribution in [0.3, 0.4) is 0 Å². The first-order valence-corrected chi connectivity index (χ1v) is 6.85. The van der Waals surface area contributed by atoms with E-state index in [0.29, 0.717) is 5.92 Å². The fraction of sp³-hybridized carbons (Fsp3) is 0.769. The van der Waals surface area contributed by atoms with E-state index < -0.39 is 5.97 Å². The zero-order valence-electron chi connectivity index (χ0n) is 11.7. The van der Waals surface area contributed by atoms with E-state index in [1.54, 1.807) is 0 Å². The van der Waals surface area contributed by atoms with Crippen molar-refractivity contribution in [3.8, 4) is 0 Å². The molecule has 0 amide bonds. The molecule has 1 aromatic heterocycles. The molecule has 0 bridgehead atoms. The summed E-state index contributed by atoms with van der Waals surface area (Å²) in [6, 6.07) is 0. The number of nitrogens with zero attached hydrogens (tertiary/aromatic N) is 4. The number of rotatable bonds is 5. The van der Waals surface area contributed by atoms with Crippen molar-refractivity contribution in [1.29, 1.82) is 0 Å². The van der Waals surface area contributed by atoms with Gasteiger partial charge in [0.05, 0.1) is 6.54 Å². The Morgan fingerprint density at radius 2 is 2.26 bits per heavy atom. The molecule has 1 fully saturated rings. The van der Waals surface area contributed by atoms with Crippen molar-refractivity contribution in [2.24, 2.45) is 13.0 Å². The van der Waals surface area contributed by atoms with Crippen LogP contribution in [0.2, 0.25) is 0 Å². The first kappa shape index (κ1) is 14.0. The van der Waals surface area contributed by atoms with Gasteiger partial charge in [0, 0.05) is 20.0 Å². The quantitative estimate of drug-likeness (QED) is 0.867. The number of aryl methyl sites for hydroxylation is 1. The van der Waals surface area contributed by atoms with Crippen molar-refractivity contribution in [2.75, 3.05) is 13.1 Å². The summed E-state index contributed by atoms with van der Waals surface area (Å²) in [5.41, 5.74) is 0. The molecular formula is C13H22N4O2. The molecule has 2 rings (SSSR count). The van der Waals surface area contributed by atoms with Gasteiger partial charge in [-0.15, -0.1) is 10.2 Å². The molecule has 1 saturated heterocycles. The lowest BCUT2D eigenvalue weighted by molar-refractivity contribution is -0.137. The van der Waals surface area contributed by atoms with Gasteiger partial charge in [-0.05, 0) is 38.6 Å². The number of piperidine rings is 1. The second-order valence-electron chi connectivity index (χ2n) is 5.40. The topological polar surface area (TPSA) is 71.2 Å².